The van der Waals surface area contributed by atoms with E-state index in [1.54, 1.807) is 0 Å². The fourth-order valence-electron chi connectivity index (χ4n) is 1.50. The van der Waals surface area contributed by atoms with Crippen LogP contribution in [0, 0.1) is 11.3 Å². The van der Waals surface area contributed by atoms with Gasteiger partial charge in [0.2, 0.25) is 0 Å². The van der Waals surface area contributed by atoms with Gasteiger partial charge in [-0.1, -0.05) is 34.6 Å². The molecule has 2 nitrogen and oxygen atoms in total. The van der Waals surface area contributed by atoms with E-state index < -0.39 is 0 Å². The van der Waals surface area contributed by atoms with Crippen molar-refractivity contribution in [2.75, 3.05) is 0 Å². The quantitative estimate of drug-likeness (QED) is 0.596. The molecular weight excluding hydrogens is 152 g/mol. The minimum atomic E-state index is 0.0278. The molecule has 0 aromatic rings. The van der Waals surface area contributed by atoms with Crippen LogP contribution in [0.2, 0.25) is 0 Å². The van der Waals surface area contributed by atoms with Crippen LogP contribution in [0.15, 0.2) is 0 Å². The zero-order chi connectivity index (χ0) is 9.78. The van der Waals surface area contributed by atoms with Crippen molar-refractivity contribution in [3.05, 3.63) is 0 Å². The average molecular weight is 172 g/mol. The number of rotatable bonds is 5. The predicted octanol–water partition coefficient (Wildman–Crippen LogP) is 2.62. The van der Waals surface area contributed by atoms with Crippen molar-refractivity contribution in [2.24, 2.45) is 11.3 Å². The average Bonchev–Trinajstić information content (AvgIpc) is 1.99. The van der Waals surface area contributed by atoms with E-state index in [0.717, 1.165) is 6.42 Å². The van der Waals surface area contributed by atoms with Crippen molar-refractivity contribution in [3.8, 4) is 0 Å². The molecular formula is C10H20O2. The summed E-state index contributed by atoms with van der Waals surface area (Å²) in [5.41, 5.74) is 0.0784. The molecule has 0 aromatic heterocycles. The standard InChI is InChI=1S/C10H20O2/c1-6-10(4,5)9(8(2)3)12-7-11/h7-9H,6H2,1-5H3. The molecule has 0 N–H and O–H groups in total. The summed E-state index contributed by atoms with van der Waals surface area (Å²) in [5, 5.41) is 0. The highest BCUT2D eigenvalue weighted by Gasteiger charge is 2.31. The van der Waals surface area contributed by atoms with Crippen LogP contribution in [0.5, 0.6) is 0 Å². The summed E-state index contributed by atoms with van der Waals surface area (Å²) >= 11 is 0. The fourth-order valence-corrected chi connectivity index (χ4v) is 1.50. The fraction of sp³-hybridized carbons (Fsp3) is 0.900. The first-order chi connectivity index (χ1) is 5.45. The summed E-state index contributed by atoms with van der Waals surface area (Å²) in [5.74, 6) is 0.380. The van der Waals surface area contributed by atoms with Crippen LogP contribution < -0.4 is 0 Å². The normalized spacial score (nSPS) is 14.5. The van der Waals surface area contributed by atoms with Gasteiger partial charge in [0.15, 0.2) is 0 Å². The van der Waals surface area contributed by atoms with Crippen LogP contribution in [0.1, 0.15) is 41.0 Å². The number of carbonyl (C=O) groups excluding carboxylic acids is 1. The Hall–Kier alpha value is -0.530. The van der Waals surface area contributed by atoms with Crippen LogP contribution in [0.25, 0.3) is 0 Å². The Balaban J connectivity index is 4.37. The SMILES string of the molecule is CCC(C)(C)C(OC=O)C(C)C. The second-order valence-electron chi connectivity index (χ2n) is 4.24. The molecule has 0 heterocycles. The third-order valence-electron chi connectivity index (χ3n) is 2.49. The molecule has 12 heavy (non-hydrogen) atoms. The third-order valence-corrected chi connectivity index (χ3v) is 2.49. The number of carbonyl (C=O) groups is 1. The van der Waals surface area contributed by atoms with Crippen molar-refractivity contribution in [3.63, 3.8) is 0 Å². The maximum atomic E-state index is 10.3. The highest BCUT2D eigenvalue weighted by Crippen LogP contribution is 2.31. The highest BCUT2D eigenvalue weighted by molar-refractivity contribution is 5.37. The maximum Gasteiger partial charge on any atom is 0.293 e. The molecule has 2 heteroatoms. The van der Waals surface area contributed by atoms with E-state index in [4.69, 9.17) is 4.74 Å². The van der Waals surface area contributed by atoms with Crippen molar-refractivity contribution < 1.29 is 9.53 Å². The molecule has 72 valence electrons. The van der Waals surface area contributed by atoms with Gasteiger partial charge >= 0.3 is 0 Å². The molecule has 0 saturated heterocycles. The lowest BCUT2D eigenvalue weighted by molar-refractivity contribution is -0.143. The van der Waals surface area contributed by atoms with Gasteiger partial charge in [-0.2, -0.15) is 0 Å². The largest absolute Gasteiger partial charge is 0.464 e. The Kier molecular flexibility index (Phi) is 4.29. The Morgan fingerprint density at radius 2 is 1.92 bits per heavy atom. The molecule has 1 atom stereocenters. The van der Waals surface area contributed by atoms with E-state index in [9.17, 15) is 4.79 Å². The van der Waals surface area contributed by atoms with Crippen LogP contribution in [-0.4, -0.2) is 12.6 Å². The monoisotopic (exact) mass is 172 g/mol. The van der Waals surface area contributed by atoms with Gasteiger partial charge in [-0.15, -0.1) is 0 Å². The van der Waals surface area contributed by atoms with E-state index in [2.05, 4.69) is 34.6 Å². The number of hydrogen-bond donors (Lipinski definition) is 0. The van der Waals surface area contributed by atoms with Gasteiger partial charge in [0.1, 0.15) is 6.10 Å². The summed E-state index contributed by atoms with van der Waals surface area (Å²) in [6.07, 6.45) is 1.05. The molecule has 0 aromatic carbocycles. The Labute approximate surface area is 75.3 Å². The van der Waals surface area contributed by atoms with Gasteiger partial charge in [0.05, 0.1) is 0 Å². The molecule has 0 saturated carbocycles. The zero-order valence-electron chi connectivity index (χ0n) is 8.76. The second-order valence-corrected chi connectivity index (χ2v) is 4.24. The Bertz CT molecular complexity index is 139. The highest BCUT2D eigenvalue weighted by atomic mass is 16.5. The second kappa shape index (κ2) is 4.48. The predicted molar refractivity (Wildman–Crippen MR) is 49.8 cm³/mol. The molecule has 0 aliphatic heterocycles. The molecule has 0 fully saturated rings. The van der Waals surface area contributed by atoms with E-state index in [1.165, 1.54) is 0 Å². The van der Waals surface area contributed by atoms with E-state index in [1.807, 2.05) is 0 Å². The van der Waals surface area contributed by atoms with Crippen LogP contribution in [0.4, 0.5) is 0 Å². The zero-order valence-corrected chi connectivity index (χ0v) is 8.76. The minimum Gasteiger partial charge on any atom is -0.464 e. The molecule has 1 unspecified atom stereocenters. The Morgan fingerprint density at radius 1 is 1.42 bits per heavy atom. The van der Waals surface area contributed by atoms with Gasteiger partial charge < -0.3 is 4.74 Å². The van der Waals surface area contributed by atoms with E-state index in [0.29, 0.717) is 12.4 Å². The van der Waals surface area contributed by atoms with Crippen molar-refractivity contribution in [1.29, 1.82) is 0 Å². The molecule has 0 bridgehead atoms. The lowest BCUT2D eigenvalue weighted by Gasteiger charge is -2.34. The van der Waals surface area contributed by atoms with Gasteiger partial charge in [-0.05, 0) is 12.3 Å². The van der Waals surface area contributed by atoms with Gasteiger partial charge in [-0.3, -0.25) is 4.79 Å². The van der Waals surface area contributed by atoms with Crippen molar-refractivity contribution >= 4 is 6.47 Å². The van der Waals surface area contributed by atoms with Crippen LogP contribution in [-0.2, 0) is 9.53 Å². The first-order valence-electron chi connectivity index (χ1n) is 4.54. The minimum absolute atomic E-state index is 0.0278. The summed E-state index contributed by atoms with van der Waals surface area (Å²) in [4.78, 5) is 10.3. The van der Waals surface area contributed by atoms with Gasteiger partial charge in [0, 0.05) is 5.41 Å². The smallest absolute Gasteiger partial charge is 0.293 e. The molecule has 0 aliphatic rings. The first kappa shape index (κ1) is 11.5. The molecule has 0 spiro atoms. The number of hydrogen-bond acceptors (Lipinski definition) is 2. The Morgan fingerprint density at radius 3 is 2.17 bits per heavy atom. The topological polar surface area (TPSA) is 26.3 Å². The third kappa shape index (κ3) is 2.84. The summed E-state index contributed by atoms with van der Waals surface area (Å²) in [6.45, 7) is 11.1. The van der Waals surface area contributed by atoms with Crippen LogP contribution >= 0.6 is 0 Å². The summed E-state index contributed by atoms with van der Waals surface area (Å²) < 4.78 is 5.08. The first-order valence-corrected chi connectivity index (χ1v) is 4.54. The number of ether oxygens (including phenoxy) is 1. The molecule has 0 amide bonds. The lowest BCUT2D eigenvalue weighted by Crippen LogP contribution is -2.35. The molecule has 0 aliphatic carbocycles. The summed E-state index contributed by atoms with van der Waals surface area (Å²) in [7, 11) is 0. The van der Waals surface area contributed by atoms with E-state index in [-0.39, 0.29) is 11.5 Å². The van der Waals surface area contributed by atoms with Gasteiger partial charge in [-0.25, -0.2) is 0 Å². The van der Waals surface area contributed by atoms with Gasteiger partial charge in [0.25, 0.3) is 6.47 Å². The van der Waals surface area contributed by atoms with Crippen molar-refractivity contribution in [1.82, 2.24) is 0 Å². The summed E-state index contributed by atoms with van der Waals surface area (Å²) in [6, 6.07) is 0. The molecule has 0 radical (unpaired) electrons. The lowest BCUT2D eigenvalue weighted by atomic mass is 9.78. The van der Waals surface area contributed by atoms with Crippen molar-refractivity contribution in [2.45, 2.75) is 47.1 Å². The van der Waals surface area contributed by atoms with Crippen LogP contribution in [0.3, 0.4) is 0 Å². The van der Waals surface area contributed by atoms with E-state index >= 15 is 0 Å². The maximum absolute atomic E-state index is 10.3. The molecule has 0 rings (SSSR count).